The molecule has 80 valence electrons. The van der Waals surface area contributed by atoms with Crippen molar-refractivity contribution in [2.24, 2.45) is 0 Å². The molecule has 1 rings (SSSR count). The largest absolute Gasteiger partial charge is 0.321 e. The predicted octanol–water partition coefficient (Wildman–Crippen LogP) is 3.13. The summed E-state index contributed by atoms with van der Waals surface area (Å²) in [5, 5.41) is 9.95. The van der Waals surface area contributed by atoms with Crippen molar-refractivity contribution in [1.29, 1.82) is 5.41 Å². The third kappa shape index (κ3) is 2.47. The number of hydrogen-bond acceptors (Lipinski definition) is 2. The minimum atomic E-state index is 0.156. The number of nitrogens with zero attached hydrogens (tertiary/aromatic N) is 1. The van der Waals surface area contributed by atoms with E-state index in [1.165, 1.54) is 23.5 Å². The van der Waals surface area contributed by atoms with Gasteiger partial charge in [0.2, 0.25) is 0 Å². The average Bonchev–Trinajstić information content (AvgIpc) is 2.42. The van der Waals surface area contributed by atoms with Crippen LogP contribution in [0.2, 0.25) is 0 Å². The molecule has 0 saturated heterocycles. The summed E-state index contributed by atoms with van der Waals surface area (Å²) < 4.78 is 2.15. The number of nitrogens with one attached hydrogen (secondary N) is 1. The zero-order valence-electron chi connectivity index (χ0n) is 9.55. The topological polar surface area (TPSA) is 28.8 Å². The van der Waals surface area contributed by atoms with Crippen molar-refractivity contribution < 1.29 is 0 Å². The molecule has 1 aromatic heterocycles. The molecule has 0 spiro atoms. The summed E-state index contributed by atoms with van der Waals surface area (Å²) in [6.45, 7) is 9.80. The first-order valence-electron chi connectivity index (χ1n) is 5.20. The van der Waals surface area contributed by atoms with E-state index in [9.17, 15) is 0 Å². The fraction of sp³-hybridized carbons (Fsp3) is 0.727. The lowest BCUT2D eigenvalue weighted by Crippen LogP contribution is -2.23. The van der Waals surface area contributed by atoms with Crippen molar-refractivity contribution in [2.75, 3.05) is 0 Å². The quantitative estimate of drug-likeness (QED) is 0.797. The number of aromatic nitrogens is 1. The van der Waals surface area contributed by atoms with Crippen LogP contribution >= 0.6 is 11.3 Å². The molecular formula is C11H20N2S. The molecule has 0 fully saturated rings. The maximum absolute atomic E-state index is 7.83. The highest BCUT2D eigenvalue weighted by Gasteiger charge is 2.18. The van der Waals surface area contributed by atoms with Crippen LogP contribution in [0.5, 0.6) is 0 Å². The molecule has 3 heteroatoms. The van der Waals surface area contributed by atoms with Gasteiger partial charge in [-0.05, 0) is 6.42 Å². The highest BCUT2D eigenvalue weighted by atomic mass is 32.1. The second-order valence-corrected chi connectivity index (χ2v) is 5.54. The zero-order valence-corrected chi connectivity index (χ0v) is 10.4. The Hall–Kier alpha value is -0.570. The predicted molar refractivity (Wildman–Crippen MR) is 61.8 cm³/mol. The molecule has 0 aliphatic rings. The maximum Gasteiger partial charge on any atom is 0.182 e. The van der Waals surface area contributed by atoms with Gasteiger partial charge in [-0.1, -0.05) is 34.1 Å². The molecule has 0 aromatic carbocycles. The van der Waals surface area contributed by atoms with E-state index in [2.05, 4.69) is 37.6 Å². The highest BCUT2D eigenvalue weighted by Crippen LogP contribution is 2.22. The summed E-state index contributed by atoms with van der Waals surface area (Å²) in [5.41, 5.74) is 1.45. The van der Waals surface area contributed by atoms with Crippen LogP contribution in [0.15, 0.2) is 5.38 Å². The monoisotopic (exact) mass is 212 g/mol. The van der Waals surface area contributed by atoms with Gasteiger partial charge < -0.3 is 4.57 Å². The van der Waals surface area contributed by atoms with E-state index in [4.69, 9.17) is 5.41 Å². The van der Waals surface area contributed by atoms with E-state index in [0.29, 0.717) is 4.80 Å². The van der Waals surface area contributed by atoms with Crippen LogP contribution in [0.1, 0.15) is 46.2 Å². The van der Waals surface area contributed by atoms with Gasteiger partial charge in [-0.15, -0.1) is 11.3 Å². The molecule has 0 aliphatic carbocycles. The molecule has 0 saturated carbocycles. The Morgan fingerprint density at radius 1 is 1.43 bits per heavy atom. The second kappa shape index (κ2) is 4.30. The van der Waals surface area contributed by atoms with Gasteiger partial charge in [-0.2, -0.15) is 0 Å². The maximum atomic E-state index is 7.83. The summed E-state index contributed by atoms with van der Waals surface area (Å²) in [6, 6.07) is 0. The van der Waals surface area contributed by atoms with Gasteiger partial charge in [0.05, 0.1) is 0 Å². The van der Waals surface area contributed by atoms with Gasteiger partial charge in [0.25, 0.3) is 0 Å². The highest BCUT2D eigenvalue weighted by molar-refractivity contribution is 7.07. The van der Waals surface area contributed by atoms with Crippen LogP contribution in [0.25, 0.3) is 0 Å². The number of hydrogen-bond donors (Lipinski definition) is 1. The normalized spacial score (nSPS) is 12.0. The van der Waals surface area contributed by atoms with E-state index < -0.39 is 0 Å². The average molecular weight is 212 g/mol. The summed E-state index contributed by atoms with van der Waals surface area (Å²) in [6.07, 6.45) is 2.35. The zero-order chi connectivity index (χ0) is 10.8. The lowest BCUT2D eigenvalue weighted by molar-refractivity contribution is 0.494. The minimum absolute atomic E-state index is 0.156. The molecule has 0 unspecified atom stereocenters. The van der Waals surface area contributed by atoms with Crippen LogP contribution in [0, 0.1) is 5.41 Å². The molecule has 0 aliphatic heterocycles. The van der Waals surface area contributed by atoms with Crippen LogP contribution in [-0.2, 0) is 12.0 Å². The molecule has 0 atom stereocenters. The van der Waals surface area contributed by atoms with Gasteiger partial charge in [-0.3, -0.25) is 5.41 Å². The minimum Gasteiger partial charge on any atom is -0.321 e. The van der Waals surface area contributed by atoms with Crippen LogP contribution in [0.3, 0.4) is 0 Å². The smallest absolute Gasteiger partial charge is 0.182 e. The van der Waals surface area contributed by atoms with Gasteiger partial charge in [-0.25, -0.2) is 0 Å². The first-order valence-corrected chi connectivity index (χ1v) is 6.08. The Balaban J connectivity index is 3.01. The van der Waals surface area contributed by atoms with E-state index >= 15 is 0 Å². The summed E-state index contributed by atoms with van der Waals surface area (Å²) >= 11 is 1.54. The Kier molecular flexibility index (Phi) is 3.53. The molecule has 0 amide bonds. The summed E-state index contributed by atoms with van der Waals surface area (Å²) in [7, 11) is 0. The third-order valence-corrected chi connectivity index (χ3v) is 3.11. The molecule has 1 aromatic rings. The van der Waals surface area contributed by atoms with Gasteiger partial charge in [0, 0.05) is 23.0 Å². The molecule has 0 bridgehead atoms. The number of rotatable bonds is 3. The molecule has 0 radical (unpaired) electrons. The van der Waals surface area contributed by atoms with E-state index in [-0.39, 0.29) is 5.41 Å². The van der Waals surface area contributed by atoms with Gasteiger partial charge in [0.1, 0.15) is 0 Å². The first kappa shape index (κ1) is 11.5. The summed E-state index contributed by atoms with van der Waals surface area (Å²) in [5.74, 6) is 0. The van der Waals surface area contributed by atoms with Gasteiger partial charge in [0.15, 0.2) is 4.80 Å². The lowest BCUT2D eigenvalue weighted by Gasteiger charge is -2.20. The van der Waals surface area contributed by atoms with Crippen LogP contribution in [0.4, 0.5) is 0 Å². The van der Waals surface area contributed by atoms with Crippen molar-refractivity contribution >= 4 is 11.3 Å². The molecule has 1 heterocycles. The van der Waals surface area contributed by atoms with E-state index in [0.717, 1.165) is 13.0 Å². The van der Waals surface area contributed by atoms with Gasteiger partial charge >= 0.3 is 0 Å². The van der Waals surface area contributed by atoms with Crippen molar-refractivity contribution in [3.05, 3.63) is 15.9 Å². The Morgan fingerprint density at radius 2 is 2.07 bits per heavy atom. The Bertz CT molecular complexity index is 341. The standard InChI is InChI=1S/C11H20N2S/c1-5-6-7-13-9(11(2,3)4)8-14-10(13)12/h8,12H,5-7H2,1-4H3. The molecule has 14 heavy (non-hydrogen) atoms. The fourth-order valence-corrected chi connectivity index (χ4v) is 2.49. The first-order chi connectivity index (χ1) is 6.46. The van der Waals surface area contributed by atoms with E-state index in [1.807, 2.05) is 0 Å². The third-order valence-electron chi connectivity index (χ3n) is 2.32. The lowest BCUT2D eigenvalue weighted by atomic mass is 9.93. The van der Waals surface area contributed by atoms with Crippen LogP contribution < -0.4 is 4.80 Å². The van der Waals surface area contributed by atoms with Crippen molar-refractivity contribution in [3.8, 4) is 0 Å². The van der Waals surface area contributed by atoms with Crippen molar-refractivity contribution in [1.82, 2.24) is 4.57 Å². The molecule has 1 N–H and O–H groups in total. The number of thiazole rings is 1. The Labute approximate surface area is 90.1 Å². The van der Waals surface area contributed by atoms with Crippen LogP contribution in [-0.4, -0.2) is 4.57 Å². The SMILES string of the molecule is CCCCn1c(C(C)(C)C)csc1=N. The second-order valence-electron chi connectivity index (χ2n) is 4.68. The molecular weight excluding hydrogens is 192 g/mol. The fourth-order valence-electron chi connectivity index (χ4n) is 1.47. The summed E-state index contributed by atoms with van der Waals surface area (Å²) in [4.78, 5) is 0.684. The Morgan fingerprint density at radius 3 is 2.57 bits per heavy atom. The van der Waals surface area contributed by atoms with Crippen molar-refractivity contribution in [2.45, 2.75) is 52.5 Å². The molecule has 2 nitrogen and oxygen atoms in total. The van der Waals surface area contributed by atoms with Crippen molar-refractivity contribution in [3.63, 3.8) is 0 Å². The number of unbranched alkanes of at least 4 members (excludes halogenated alkanes) is 1. The van der Waals surface area contributed by atoms with E-state index in [1.54, 1.807) is 0 Å².